The van der Waals surface area contributed by atoms with Gasteiger partial charge < -0.3 is 15.0 Å². The van der Waals surface area contributed by atoms with Crippen LogP contribution in [0, 0.1) is 0 Å². The van der Waals surface area contributed by atoms with E-state index in [9.17, 15) is 18.0 Å². The minimum Gasteiger partial charge on any atom is -0.376 e. The van der Waals surface area contributed by atoms with Gasteiger partial charge in [-0.25, -0.2) is 8.42 Å². The monoisotopic (exact) mass is 487 g/mol. The molecule has 9 heteroatoms. The standard InChI is InChI=1S/C25H33N3O5S/c1-20(25(30)26-16-23-14-9-15-33-23)28(18-22-12-7-4-8-13-22)24(29)19-27(34(2,31)32)17-21-10-5-3-6-11-21/h3-8,10-13,20,23H,9,14-19H2,1-2H3,(H,26,30). The first kappa shape index (κ1) is 25.9. The molecule has 0 aliphatic carbocycles. The van der Waals surface area contributed by atoms with Gasteiger partial charge >= 0.3 is 0 Å². The van der Waals surface area contributed by atoms with E-state index in [1.807, 2.05) is 60.7 Å². The van der Waals surface area contributed by atoms with E-state index in [-0.39, 0.29) is 31.6 Å². The molecule has 2 atom stereocenters. The summed E-state index contributed by atoms with van der Waals surface area (Å²) >= 11 is 0. The highest BCUT2D eigenvalue weighted by Crippen LogP contribution is 2.14. The first-order chi connectivity index (χ1) is 16.2. The quantitative estimate of drug-likeness (QED) is 0.524. The van der Waals surface area contributed by atoms with Gasteiger partial charge in [0.25, 0.3) is 0 Å². The number of hydrogen-bond acceptors (Lipinski definition) is 5. The van der Waals surface area contributed by atoms with E-state index in [1.54, 1.807) is 6.92 Å². The van der Waals surface area contributed by atoms with Crippen LogP contribution in [0.2, 0.25) is 0 Å². The zero-order valence-corrected chi connectivity index (χ0v) is 20.5. The van der Waals surface area contributed by atoms with Crippen molar-refractivity contribution in [1.29, 1.82) is 0 Å². The van der Waals surface area contributed by atoms with E-state index < -0.39 is 22.0 Å². The fourth-order valence-corrected chi connectivity index (χ4v) is 4.58. The molecule has 1 N–H and O–H groups in total. The Morgan fingerprint density at radius 1 is 1.03 bits per heavy atom. The van der Waals surface area contributed by atoms with E-state index >= 15 is 0 Å². The Morgan fingerprint density at radius 3 is 2.15 bits per heavy atom. The van der Waals surface area contributed by atoms with Crippen molar-refractivity contribution >= 4 is 21.8 Å². The molecule has 1 aliphatic rings. The Labute approximate surface area is 201 Å². The number of amides is 2. The van der Waals surface area contributed by atoms with E-state index in [0.29, 0.717) is 13.2 Å². The molecule has 184 valence electrons. The lowest BCUT2D eigenvalue weighted by atomic mass is 10.1. The predicted octanol–water partition coefficient (Wildman–Crippen LogP) is 2.16. The molecule has 0 radical (unpaired) electrons. The van der Waals surface area contributed by atoms with Crippen molar-refractivity contribution in [2.45, 2.75) is 45.0 Å². The Kier molecular flexibility index (Phi) is 9.20. The van der Waals surface area contributed by atoms with E-state index in [2.05, 4.69) is 5.32 Å². The molecule has 1 fully saturated rings. The molecule has 1 aliphatic heterocycles. The Balaban J connectivity index is 1.75. The molecule has 2 aromatic rings. The Hall–Kier alpha value is -2.75. The van der Waals surface area contributed by atoms with Gasteiger partial charge in [-0.2, -0.15) is 4.31 Å². The summed E-state index contributed by atoms with van der Waals surface area (Å²) in [4.78, 5) is 27.8. The molecular weight excluding hydrogens is 454 g/mol. The van der Waals surface area contributed by atoms with Crippen molar-refractivity contribution in [2.75, 3.05) is 26.0 Å². The summed E-state index contributed by atoms with van der Waals surface area (Å²) in [5.74, 6) is -0.737. The topological polar surface area (TPSA) is 96.0 Å². The molecule has 3 rings (SSSR count). The Bertz CT molecular complexity index is 1040. The SMILES string of the molecule is CC(C(=O)NCC1CCCO1)N(Cc1ccccc1)C(=O)CN(Cc1ccccc1)S(C)(=O)=O. The molecule has 1 saturated heterocycles. The maximum atomic E-state index is 13.4. The third-order valence-corrected chi connectivity index (χ3v) is 7.07. The first-order valence-electron chi connectivity index (χ1n) is 11.5. The fraction of sp³-hybridized carbons (Fsp3) is 0.440. The molecule has 0 saturated carbocycles. The third kappa shape index (κ3) is 7.65. The maximum absolute atomic E-state index is 13.4. The molecule has 8 nitrogen and oxygen atoms in total. The fourth-order valence-electron chi connectivity index (χ4n) is 3.85. The second kappa shape index (κ2) is 12.1. The van der Waals surface area contributed by atoms with Crippen LogP contribution < -0.4 is 5.32 Å². The summed E-state index contributed by atoms with van der Waals surface area (Å²) in [7, 11) is -3.66. The van der Waals surface area contributed by atoms with Gasteiger partial charge in [0, 0.05) is 26.2 Å². The number of nitrogens with zero attached hydrogens (tertiary/aromatic N) is 2. The molecule has 0 aromatic heterocycles. The number of rotatable bonds is 11. The van der Waals surface area contributed by atoms with Crippen LogP contribution in [0.15, 0.2) is 60.7 Å². The van der Waals surface area contributed by atoms with E-state index in [4.69, 9.17) is 4.74 Å². The van der Waals surface area contributed by atoms with Crippen molar-refractivity contribution in [3.8, 4) is 0 Å². The van der Waals surface area contributed by atoms with E-state index in [0.717, 1.165) is 34.5 Å². The van der Waals surface area contributed by atoms with Crippen molar-refractivity contribution in [3.63, 3.8) is 0 Å². The van der Waals surface area contributed by atoms with Gasteiger partial charge in [0.2, 0.25) is 21.8 Å². The lowest BCUT2D eigenvalue weighted by Crippen LogP contribution is -2.51. The molecule has 0 spiro atoms. The predicted molar refractivity (Wildman–Crippen MR) is 130 cm³/mol. The second-order valence-corrected chi connectivity index (χ2v) is 10.6. The van der Waals surface area contributed by atoms with Crippen molar-refractivity contribution in [3.05, 3.63) is 71.8 Å². The number of benzene rings is 2. The number of nitrogens with one attached hydrogen (secondary N) is 1. The van der Waals surface area contributed by atoms with Gasteiger partial charge in [0.15, 0.2) is 0 Å². The lowest BCUT2D eigenvalue weighted by Gasteiger charge is -2.31. The van der Waals surface area contributed by atoms with Gasteiger partial charge in [0.1, 0.15) is 6.04 Å². The van der Waals surface area contributed by atoms with Crippen LogP contribution in [0.5, 0.6) is 0 Å². The van der Waals surface area contributed by atoms with Crippen LogP contribution in [0.1, 0.15) is 30.9 Å². The van der Waals surface area contributed by atoms with Crippen LogP contribution >= 0.6 is 0 Å². The summed E-state index contributed by atoms with van der Waals surface area (Å²) in [6.45, 7) is 2.65. The smallest absolute Gasteiger partial charge is 0.242 e. The normalized spacial score (nSPS) is 16.9. The first-order valence-corrected chi connectivity index (χ1v) is 13.3. The summed E-state index contributed by atoms with van der Waals surface area (Å²) in [5, 5.41) is 2.88. The number of carbonyl (C=O) groups excluding carboxylic acids is 2. The second-order valence-electron chi connectivity index (χ2n) is 8.58. The van der Waals surface area contributed by atoms with Crippen LogP contribution in [-0.4, -0.2) is 67.5 Å². The van der Waals surface area contributed by atoms with Crippen molar-refractivity contribution < 1.29 is 22.7 Å². The van der Waals surface area contributed by atoms with Crippen LogP contribution in [0.25, 0.3) is 0 Å². The number of sulfonamides is 1. The summed E-state index contributed by atoms with van der Waals surface area (Å²) in [5.41, 5.74) is 1.63. The molecule has 2 unspecified atom stereocenters. The molecular formula is C25H33N3O5S. The minimum absolute atomic E-state index is 0.0129. The molecule has 0 bridgehead atoms. The average molecular weight is 488 g/mol. The number of ether oxygens (including phenoxy) is 1. The third-order valence-electron chi connectivity index (χ3n) is 5.87. The maximum Gasteiger partial charge on any atom is 0.242 e. The minimum atomic E-state index is -3.66. The molecule has 34 heavy (non-hydrogen) atoms. The van der Waals surface area contributed by atoms with Crippen LogP contribution in [-0.2, 0) is 37.4 Å². The van der Waals surface area contributed by atoms with Crippen LogP contribution in [0.4, 0.5) is 0 Å². The van der Waals surface area contributed by atoms with Gasteiger partial charge in [-0.1, -0.05) is 60.7 Å². The number of carbonyl (C=O) groups is 2. The zero-order chi connectivity index (χ0) is 24.6. The van der Waals surface area contributed by atoms with Crippen molar-refractivity contribution in [2.24, 2.45) is 0 Å². The van der Waals surface area contributed by atoms with E-state index in [1.165, 1.54) is 4.90 Å². The van der Waals surface area contributed by atoms with Gasteiger partial charge in [-0.15, -0.1) is 0 Å². The summed E-state index contributed by atoms with van der Waals surface area (Å²) in [6.07, 6.45) is 2.94. The zero-order valence-electron chi connectivity index (χ0n) is 19.7. The molecule has 2 amide bonds. The highest BCUT2D eigenvalue weighted by molar-refractivity contribution is 7.88. The lowest BCUT2D eigenvalue weighted by molar-refractivity contribution is -0.141. The van der Waals surface area contributed by atoms with Gasteiger partial charge in [0.05, 0.1) is 18.9 Å². The summed E-state index contributed by atoms with van der Waals surface area (Å²) < 4.78 is 31.6. The molecule has 2 aromatic carbocycles. The van der Waals surface area contributed by atoms with Gasteiger partial charge in [-0.05, 0) is 30.9 Å². The average Bonchev–Trinajstić information content (AvgIpc) is 3.34. The highest BCUT2D eigenvalue weighted by atomic mass is 32.2. The van der Waals surface area contributed by atoms with Crippen molar-refractivity contribution in [1.82, 2.24) is 14.5 Å². The van der Waals surface area contributed by atoms with Crippen LogP contribution in [0.3, 0.4) is 0 Å². The van der Waals surface area contributed by atoms with Gasteiger partial charge in [-0.3, -0.25) is 9.59 Å². The Morgan fingerprint density at radius 2 is 1.62 bits per heavy atom. The summed E-state index contributed by atoms with van der Waals surface area (Å²) in [6, 6.07) is 17.7. The largest absolute Gasteiger partial charge is 0.376 e. The highest BCUT2D eigenvalue weighted by Gasteiger charge is 2.30. The number of hydrogen-bond donors (Lipinski definition) is 1. The molecule has 1 heterocycles.